The van der Waals surface area contributed by atoms with Crippen LogP contribution in [0.15, 0.2) is 24.3 Å². The molecule has 0 spiro atoms. The first-order valence-corrected chi connectivity index (χ1v) is 5.45. The van der Waals surface area contributed by atoms with Crippen molar-refractivity contribution < 1.29 is 0 Å². The lowest BCUT2D eigenvalue weighted by molar-refractivity contribution is 0.148. The zero-order valence-corrected chi connectivity index (χ0v) is 9.24. The van der Waals surface area contributed by atoms with Gasteiger partial charge in [-0.15, -0.1) is 0 Å². The summed E-state index contributed by atoms with van der Waals surface area (Å²) in [6.07, 6.45) is 0. The zero-order chi connectivity index (χ0) is 10.7. The van der Waals surface area contributed by atoms with E-state index < -0.39 is 0 Å². The van der Waals surface area contributed by atoms with Gasteiger partial charge in [-0.25, -0.2) is 0 Å². The van der Waals surface area contributed by atoms with Crippen molar-refractivity contribution in [3.05, 3.63) is 29.8 Å². The smallest absolute Gasteiger partial charge is 0.0543 e. The van der Waals surface area contributed by atoms with E-state index in [1.807, 2.05) is 18.2 Å². The molecule has 0 aliphatic carbocycles. The van der Waals surface area contributed by atoms with Crippen molar-refractivity contribution in [3.63, 3.8) is 0 Å². The number of likely N-dealkylation sites (N-methyl/N-ethyl adjacent to an activating group) is 1. The van der Waals surface area contributed by atoms with Crippen LogP contribution in [0.25, 0.3) is 0 Å². The van der Waals surface area contributed by atoms with E-state index in [9.17, 15) is 0 Å². The van der Waals surface area contributed by atoms with E-state index in [-0.39, 0.29) is 0 Å². The molecule has 3 heteroatoms. The molecule has 0 saturated carbocycles. The predicted molar refractivity (Wildman–Crippen MR) is 62.0 cm³/mol. The molecule has 1 fully saturated rings. The van der Waals surface area contributed by atoms with Gasteiger partial charge in [-0.05, 0) is 24.7 Å². The van der Waals surface area contributed by atoms with Gasteiger partial charge < -0.3 is 10.6 Å². The second-order valence-electron chi connectivity index (χ2n) is 4.28. The van der Waals surface area contributed by atoms with Gasteiger partial charge in [0.15, 0.2) is 0 Å². The minimum Gasteiger partial charge on any atom is -0.304 e. The first-order chi connectivity index (χ1) is 7.24. The summed E-state index contributed by atoms with van der Waals surface area (Å²) in [7, 11) is 2.17. The standard InChI is InChI=1S/C12H18N3/c1-14-5-7-15(8-6-14)10-11-3-2-4-12(13)9-11/h2-4,9,13H,5-8,10H2,1H3. The van der Waals surface area contributed by atoms with E-state index in [1.54, 1.807) is 0 Å². The highest BCUT2D eigenvalue weighted by Crippen LogP contribution is 2.11. The summed E-state index contributed by atoms with van der Waals surface area (Å²) < 4.78 is 0. The summed E-state index contributed by atoms with van der Waals surface area (Å²) in [6.45, 7) is 5.57. The van der Waals surface area contributed by atoms with Crippen molar-refractivity contribution in [2.75, 3.05) is 33.2 Å². The Morgan fingerprint density at radius 3 is 2.60 bits per heavy atom. The fourth-order valence-electron chi connectivity index (χ4n) is 1.93. The highest BCUT2D eigenvalue weighted by Gasteiger charge is 2.13. The number of hydrogen-bond donors (Lipinski definition) is 0. The van der Waals surface area contributed by atoms with Crippen LogP contribution in [0.2, 0.25) is 0 Å². The van der Waals surface area contributed by atoms with Crippen LogP contribution in [-0.4, -0.2) is 43.0 Å². The van der Waals surface area contributed by atoms with Gasteiger partial charge in [0.05, 0.1) is 5.69 Å². The van der Waals surface area contributed by atoms with Gasteiger partial charge in [0.2, 0.25) is 0 Å². The van der Waals surface area contributed by atoms with Crippen LogP contribution in [0, 0.1) is 0 Å². The van der Waals surface area contributed by atoms with Crippen molar-refractivity contribution in [2.45, 2.75) is 6.54 Å². The molecule has 0 aromatic heterocycles. The zero-order valence-electron chi connectivity index (χ0n) is 9.24. The maximum Gasteiger partial charge on any atom is 0.0543 e. The van der Waals surface area contributed by atoms with Crippen LogP contribution >= 0.6 is 0 Å². The maximum absolute atomic E-state index is 7.56. The van der Waals surface area contributed by atoms with Crippen molar-refractivity contribution in [2.24, 2.45) is 0 Å². The molecule has 1 heterocycles. The largest absolute Gasteiger partial charge is 0.304 e. The molecule has 0 amide bonds. The van der Waals surface area contributed by atoms with Crippen LogP contribution in [0.3, 0.4) is 0 Å². The van der Waals surface area contributed by atoms with Crippen molar-refractivity contribution in [1.29, 1.82) is 0 Å². The van der Waals surface area contributed by atoms with Gasteiger partial charge in [-0.2, -0.15) is 0 Å². The van der Waals surface area contributed by atoms with Gasteiger partial charge >= 0.3 is 0 Å². The molecule has 1 radical (unpaired) electrons. The third-order valence-corrected chi connectivity index (χ3v) is 2.93. The third-order valence-electron chi connectivity index (χ3n) is 2.93. The highest BCUT2D eigenvalue weighted by molar-refractivity contribution is 5.37. The number of hydrogen-bond acceptors (Lipinski definition) is 2. The van der Waals surface area contributed by atoms with Gasteiger partial charge in [0, 0.05) is 32.7 Å². The molecule has 1 aliphatic rings. The molecule has 0 bridgehead atoms. The molecule has 1 aliphatic heterocycles. The number of benzene rings is 1. The lowest BCUT2D eigenvalue weighted by atomic mass is 10.2. The van der Waals surface area contributed by atoms with Gasteiger partial charge in [-0.3, -0.25) is 4.90 Å². The summed E-state index contributed by atoms with van der Waals surface area (Å²) in [5.74, 6) is 0. The molecule has 2 rings (SSSR count). The van der Waals surface area contributed by atoms with Crippen molar-refractivity contribution in [1.82, 2.24) is 15.5 Å². The minimum absolute atomic E-state index is 0.613. The lowest BCUT2D eigenvalue weighted by Crippen LogP contribution is -2.43. The van der Waals surface area contributed by atoms with E-state index in [0.29, 0.717) is 5.69 Å². The molecule has 81 valence electrons. The topological polar surface area (TPSA) is 30.3 Å². The summed E-state index contributed by atoms with van der Waals surface area (Å²) in [5.41, 5.74) is 9.43. The Kier molecular flexibility index (Phi) is 3.23. The number of nitrogens with one attached hydrogen (secondary N) is 1. The lowest BCUT2D eigenvalue weighted by Gasteiger charge is -2.32. The molecule has 1 aromatic carbocycles. The minimum atomic E-state index is 0.613. The predicted octanol–water partition coefficient (Wildman–Crippen LogP) is 1.35. The molecule has 1 N–H and O–H groups in total. The Morgan fingerprint density at radius 2 is 1.93 bits per heavy atom. The third kappa shape index (κ3) is 2.94. The molecule has 0 unspecified atom stereocenters. The Bertz CT molecular complexity index is 316. The maximum atomic E-state index is 7.56. The Balaban J connectivity index is 1.92. The van der Waals surface area contributed by atoms with Crippen molar-refractivity contribution in [3.8, 4) is 0 Å². The summed E-state index contributed by atoms with van der Waals surface area (Å²) in [4.78, 5) is 4.81. The van der Waals surface area contributed by atoms with Crippen LogP contribution in [0.4, 0.5) is 5.69 Å². The molecule has 15 heavy (non-hydrogen) atoms. The Morgan fingerprint density at radius 1 is 1.20 bits per heavy atom. The molecule has 3 nitrogen and oxygen atoms in total. The average molecular weight is 204 g/mol. The average Bonchev–Trinajstić information content (AvgIpc) is 2.22. The van der Waals surface area contributed by atoms with E-state index in [0.717, 1.165) is 32.7 Å². The Labute approximate surface area is 91.5 Å². The summed E-state index contributed by atoms with van der Waals surface area (Å²) in [6, 6.07) is 7.86. The van der Waals surface area contributed by atoms with Gasteiger partial charge in [0.25, 0.3) is 0 Å². The summed E-state index contributed by atoms with van der Waals surface area (Å²) >= 11 is 0. The molecule has 0 atom stereocenters. The van der Waals surface area contributed by atoms with E-state index in [2.05, 4.69) is 22.9 Å². The normalized spacial score (nSPS) is 19.3. The van der Waals surface area contributed by atoms with Gasteiger partial charge in [-0.1, -0.05) is 12.1 Å². The van der Waals surface area contributed by atoms with Crippen LogP contribution in [-0.2, 0) is 6.54 Å². The van der Waals surface area contributed by atoms with E-state index in [1.165, 1.54) is 5.56 Å². The molecular weight excluding hydrogens is 186 g/mol. The number of rotatable bonds is 2. The first kappa shape index (κ1) is 10.5. The molecular formula is C12H18N3. The quantitative estimate of drug-likeness (QED) is 0.728. The van der Waals surface area contributed by atoms with Crippen LogP contribution in [0.1, 0.15) is 5.56 Å². The van der Waals surface area contributed by atoms with Crippen LogP contribution in [0.5, 0.6) is 0 Å². The first-order valence-electron chi connectivity index (χ1n) is 5.45. The fraction of sp³-hybridized carbons (Fsp3) is 0.500. The molecule has 1 aromatic rings. The fourth-order valence-corrected chi connectivity index (χ4v) is 1.93. The number of piperazine rings is 1. The Hall–Kier alpha value is -1.06. The van der Waals surface area contributed by atoms with Crippen molar-refractivity contribution >= 4 is 5.69 Å². The second kappa shape index (κ2) is 4.64. The molecule has 1 saturated heterocycles. The number of nitrogens with zero attached hydrogens (tertiary/aromatic N) is 2. The SMILES string of the molecule is CN1CCN(Cc2cccc([NH])c2)CC1. The van der Waals surface area contributed by atoms with E-state index >= 15 is 0 Å². The highest BCUT2D eigenvalue weighted by atomic mass is 15.2. The van der Waals surface area contributed by atoms with Gasteiger partial charge in [0.1, 0.15) is 0 Å². The summed E-state index contributed by atoms with van der Waals surface area (Å²) in [5, 5.41) is 0. The van der Waals surface area contributed by atoms with E-state index in [4.69, 9.17) is 5.73 Å². The monoisotopic (exact) mass is 204 g/mol. The van der Waals surface area contributed by atoms with Crippen LogP contribution < -0.4 is 5.73 Å². The second-order valence-corrected chi connectivity index (χ2v) is 4.28.